The van der Waals surface area contributed by atoms with Gasteiger partial charge in [0.15, 0.2) is 0 Å². The molecule has 0 aliphatic rings. The summed E-state index contributed by atoms with van der Waals surface area (Å²) in [6.07, 6.45) is 0. The van der Waals surface area contributed by atoms with E-state index in [0.717, 1.165) is 22.6 Å². The first-order chi connectivity index (χ1) is 11.6. The van der Waals surface area contributed by atoms with Crippen molar-refractivity contribution in [2.24, 2.45) is 0 Å². The maximum atomic E-state index is 4.82. The van der Waals surface area contributed by atoms with Gasteiger partial charge in [-0.25, -0.2) is 0 Å². The lowest BCUT2D eigenvalue weighted by atomic mass is 10.0. The minimum absolute atomic E-state index is 0.151. The van der Waals surface area contributed by atoms with Gasteiger partial charge in [-0.15, -0.1) is 0 Å². The molecule has 0 saturated heterocycles. The highest BCUT2D eigenvalue weighted by Gasteiger charge is 2.09. The Labute approximate surface area is 144 Å². The van der Waals surface area contributed by atoms with Crippen LogP contribution < -0.4 is 5.32 Å². The molecule has 0 fully saturated rings. The second-order valence-electron chi connectivity index (χ2n) is 6.46. The van der Waals surface area contributed by atoms with E-state index in [1.807, 2.05) is 18.2 Å². The van der Waals surface area contributed by atoms with Crippen LogP contribution in [0.15, 0.2) is 72.8 Å². The fourth-order valence-electron chi connectivity index (χ4n) is 2.75. The molecule has 3 rings (SSSR count). The predicted molar refractivity (Wildman–Crippen MR) is 102 cm³/mol. The van der Waals surface area contributed by atoms with Crippen LogP contribution in [0.25, 0.3) is 11.3 Å². The van der Waals surface area contributed by atoms with E-state index < -0.39 is 0 Å². The van der Waals surface area contributed by atoms with Crippen molar-refractivity contribution in [1.82, 2.24) is 4.98 Å². The van der Waals surface area contributed by atoms with Gasteiger partial charge in [-0.1, -0.05) is 62.4 Å². The number of rotatable bonds is 5. The Morgan fingerprint density at radius 1 is 0.750 bits per heavy atom. The number of nitrogens with zero attached hydrogens (tertiary/aromatic N) is 1. The summed E-state index contributed by atoms with van der Waals surface area (Å²) in [5.74, 6) is 0.556. The van der Waals surface area contributed by atoms with E-state index in [0.29, 0.717) is 5.92 Å². The van der Waals surface area contributed by atoms with Crippen molar-refractivity contribution in [1.29, 1.82) is 0 Å². The van der Waals surface area contributed by atoms with Gasteiger partial charge in [0.05, 0.1) is 17.4 Å². The fraction of sp³-hybridized carbons (Fsp3) is 0.227. The fourth-order valence-corrected chi connectivity index (χ4v) is 2.75. The predicted octanol–water partition coefficient (Wildman–Crippen LogP) is 6.05. The summed E-state index contributed by atoms with van der Waals surface area (Å²) in [6, 6.07) is 25.3. The lowest BCUT2D eigenvalue weighted by Crippen LogP contribution is -2.08. The molecule has 1 atom stereocenters. The molecule has 2 heteroatoms. The van der Waals surface area contributed by atoms with Gasteiger partial charge in [0, 0.05) is 11.3 Å². The zero-order chi connectivity index (χ0) is 16.9. The normalized spacial score (nSPS) is 12.2. The van der Waals surface area contributed by atoms with E-state index in [4.69, 9.17) is 4.98 Å². The van der Waals surface area contributed by atoms with Gasteiger partial charge in [-0.2, -0.15) is 0 Å². The third-order valence-corrected chi connectivity index (χ3v) is 4.24. The number of pyridine rings is 1. The molecule has 0 radical (unpaired) electrons. The minimum Gasteiger partial charge on any atom is -0.377 e. The zero-order valence-electron chi connectivity index (χ0n) is 14.5. The summed E-state index contributed by atoms with van der Waals surface area (Å²) >= 11 is 0. The molecule has 0 aliphatic carbocycles. The Morgan fingerprint density at radius 2 is 1.46 bits per heavy atom. The summed E-state index contributed by atoms with van der Waals surface area (Å²) < 4.78 is 0. The number of aromatic nitrogens is 1. The SMILES string of the molecule is CC(C)c1ccc(NC(C)c2cccc(-c3ccccc3)n2)cc1. The summed E-state index contributed by atoms with van der Waals surface area (Å²) in [7, 11) is 0. The molecule has 24 heavy (non-hydrogen) atoms. The van der Waals surface area contributed by atoms with Crippen LogP contribution in [0.3, 0.4) is 0 Å². The Balaban J connectivity index is 1.76. The van der Waals surface area contributed by atoms with Gasteiger partial charge in [-0.05, 0) is 42.7 Å². The second-order valence-corrected chi connectivity index (χ2v) is 6.46. The molecule has 2 nitrogen and oxygen atoms in total. The number of anilines is 1. The molecule has 1 heterocycles. The first kappa shape index (κ1) is 16.3. The highest BCUT2D eigenvalue weighted by atomic mass is 14.9. The first-order valence-corrected chi connectivity index (χ1v) is 8.52. The first-order valence-electron chi connectivity index (χ1n) is 8.52. The summed E-state index contributed by atoms with van der Waals surface area (Å²) in [4.78, 5) is 4.82. The lowest BCUT2D eigenvalue weighted by Gasteiger charge is -2.16. The van der Waals surface area contributed by atoms with Crippen LogP contribution >= 0.6 is 0 Å². The van der Waals surface area contributed by atoms with Crippen molar-refractivity contribution < 1.29 is 0 Å². The molecular formula is C22H24N2. The van der Waals surface area contributed by atoms with Crippen molar-refractivity contribution in [2.45, 2.75) is 32.7 Å². The molecule has 0 spiro atoms. The van der Waals surface area contributed by atoms with Crippen molar-refractivity contribution in [3.05, 3.63) is 84.1 Å². The van der Waals surface area contributed by atoms with Gasteiger partial charge in [0.1, 0.15) is 0 Å². The van der Waals surface area contributed by atoms with Crippen LogP contribution in [0, 0.1) is 0 Å². The van der Waals surface area contributed by atoms with Crippen LogP contribution in [-0.4, -0.2) is 4.98 Å². The van der Waals surface area contributed by atoms with E-state index in [1.165, 1.54) is 5.56 Å². The zero-order valence-corrected chi connectivity index (χ0v) is 14.5. The van der Waals surface area contributed by atoms with E-state index in [9.17, 15) is 0 Å². The van der Waals surface area contributed by atoms with Crippen molar-refractivity contribution in [3.63, 3.8) is 0 Å². The molecule has 2 aromatic carbocycles. The van der Waals surface area contributed by atoms with Crippen LogP contribution in [0.1, 0.15) is 44.0 Å². The Hall–Kier alpha value is -2.61. The monoisotopic (exact) mass is 316 g/mol. The van der Waals surface area contributed by atoms with Crippen LogP contribution in [-0.2, 0) is 0 Å². The highest BCUT2D eigenvalue weighted by molar-refractivity contribution is 5.59. The van der Waals surface area contributed by atoms with Crippen molar-refractivity contribution >= 4 is 5.69 Å². The van der Waals surface area contributed by atoms with Gasteiger partial charge in [0.25, 0.3) is 0 Å². The smallest absolute Gasteiger partial charge is 0.0706 e. The number of hydrogen-bond acceptors (Lipinski definition) is 2. The highest BCUT2D eigenvalue weighted by Crippen LogP contribution is 2.23. The molecule has 122 valence electrons. The molecule has 3 aromatic rings. The van der Waals surface area contributed by atoms with E-state index in [1.54, 1.807) is 0 Å². The molecule has 1 unspecified atom stereocenters. The summed E-state index contributed by atoms with van der Waals surface area (Å²) in [5, 5.41) is 3.54. The van der Waals surface area contributed by atoms with Gasteiger partial charge < -0.3 is 5.32 Å². The Morgan fingerprint density at radius 3 is 2.12 bits per heavy atom. The van der Waals surface area contributed by atoms with Crippen LogP contribution in [0.5, 0.6) is 0 Å². The van der Waals surface area contributed by atoms with Gasteiger partial charge >= 0.3 is 0 Å². The molecule has 0 saturated carbocycles. The average molecular weight is 316 g/mol. The number of nitrogens with one attached hydrogen (secondary N) is 1. The summed E-state index contributed by atoms with van der Waals surface area (Å²) in [5.41, 5.74) is 5.69. The van der Waals surface area contributed by atoms with Crippen LogP contribution in [0.2, 0.25) is 0 Å². The average Bonchev–Trinajstić information content (AvgIpc) is 2.63. The van der Waals surface area contributed by atoms with Crippen molar-refractivity contribution in [2.75, 3.05) is 5.32 Å². The second kappa shape index (κ2) is 7.31. The molecule has 1 aromatic heterocycles. The number of benzene rings is 2. The molecule has 0 aliphatic heterocycles. The minimum atomic E-state index is 0.151. The standard InChI is InChI=1S/C22H24N2/c1-16(2)18-12-14-20(15-13-18)23-17(3)21-10-7-11-22(24-21)19-8-5-4-6-9-19/h4-17,23H,1-3H3. The van der Waals surface area contributed by atoms with Crippen molar-refractivity contribution in [3.8, 4) is 11.3 Å². The number of hydrogen-bond donors (Lipinski definition) is 1. The topological polar surface area (TPSA) is 24.9 Å². The lowest BCUT2D eigenvalue weighted by molar-refractivity contribution is 0.838. The Bertz CT molecular complexity index is 777. The van der Waals surface area contributed by atoms with E-state index in [-0.39, 0.29) is 6.04 Å². The third-order valence-electron chi connectivity index (χ3n) is 4.24. The molecule has 0 bridgehead atoms. The maximum Gasteiger partial charge on any atom is 0.0706 e. The van der Waals surface area contributed by atoms with Crippen LogP contribution in [0.4, 0.5) is 5.69 Å². The summed E-state index contributed by atoms with van der Waals surface area (Å²) in [6.45, 7) is 6.57. The largest absolute Gasteiger partial charge is 0.377 e. The third kappa shape index (κ3) is 3.83. The molecular weight excluding hydrogens is 292 g/mol. The van der Waals surface area contributed by atoms with Gasteiger partial charge in [0.2, 0.25) is 0 Å². The van der Waals surface area contributed by atoms with E-state index in [2.05, 4.69) is 80.7 Å². The molecule has 1 N–H and O–H groups in total. The molecule has 0 amide bonds. The maximum absolute atomic E-state index is 4.82. The van der Waals surface area contributed by atoms with E-state index >= 15 is 0 Å². The Kier molecular flexibility index (Phi) is 4.95. The van der Waals surface area contributed by atoms with Gasteiger partial charge in [-0.3, -0.25) is 4.98 Å². The quantitative estimate of drug-likeness (QED) is 0.620.